The van der Waals surface area contributed by atoms with Crippen molar-refractivity contribution in [3.63, 3.8) is 0 Å². The van der Waals surface area contributed by atoms with Crippen molar-refractivity contribution in [2.75, 3.05) is 12.0 Å². The van der Waals surface area contributed by atoms with Gasteiger partial charge in [-0.15, -0.1) is 0 Å². The lowest BCUT2D eigenvalue weighted by molar-refractivity contribution is -0.142. The van der Waals surface area contributed by atoms with Crippen LogP contribution in [0.5, 0.6) is 0 Å². The van der Waals surface area contributed by atoms with Gasteiger partial charge in [-0.05, 0) is 30.4 Å². The fourth-order valence-corrected chi connectivity index (χ4v) is 2.82. The van der Waals surface area contributed by atoms with Crippen molar-refractivity contribution in [2.24, 2.45) is 0 Å². The summed E-state index contributed by atoms with van der Waals surface area (Å²) in [6.45, 7) is 2.07. The largest absolute Gasteiger partial charge is 0.480 e. The Hall–Kier alpha value is -2.22. The summed E-state index contributed by atoms with van der Waals surface area (Å²) in [5, 5.41) is 14.3. The second-order valence-corrected chi connectivity index (χ2v) is 7.07. The van der Waals surface area contributed by atoms with E-state index in [1.807, 2.05) is 43.5 Å². The van der Waals surface area contributed by atoms with Gasteiger partial charge in [-0.3, -0.25) is 4.79 Å². The Morgan fingerprint density at radius 2 is 1.81 bits per heavy atom. The number of nitrogens with one attached hydrogen (secondary N) is 2. The molecule has 8 heteroatoms. The number of hydrogen-bond donors (Lipinski definition) is 3. The number of aliphatic carboxylic acids is 1. The fourth-order valence-electron chi connectivity index (χ4n) is 2.35. The third-order valence-electron chi connectivity index (χ3n) is 3.89. The van der Waals surface area contributed by atoms with Gasteiger partial charge in [-0.2, -0.15) is 11.8 Å². The number of amides is 2. The van der Waals surface area contributed by atoms with Crippen molar-refractivity contribution in [1.29, 1.82) is 0 Å². The summed E-state index contributed by atoms with van der Waals surface area (Å²) in [4.78, 5) is 35.9. The van der Waals surface area contributed by atoms with Crippen molar-refractivity contribution in [2.45, 2.75) is 51.3 Å². The fraction of sp³-hybridized carbons (Fsp3) is 0.526. The van der Waals surface area contributed by atoms with Gasteiger partial charge in [0.25, 0.3) is 0 Å². The minimum atomic E-state index is -1.08. The molecule has 2 amide bonds. The zero-order valence-electron chi connectivity index (χ0n) is 15.8. The molecule has 0 aliphatic heterocycles. The maximum Gasteiger partial charge on any atom is 0.408 e. The molecular formula is C19H28N2O5S. The summed E-state index contributed by atoms with van der Waals surface area (Å²) in [6.07, 6.45) is 3.47. The summed E-state index contributed by atoms with van der Waals surface area (Å²) in [5.41, 5.74) is 0.838. The van der Waals surface area contributed by atoms with Crippen LogP contribution in [0.15, 0.2) is 30.3 Å². The lowest BCUT2D eigenvalue weighted by Crippen LogP contribution is -2.51. The van der Waals surface area contributed by atoms with E-state index in [-0.39, 0.29) is 6.61 Å². The normalized spacial score (nSPS) is 12.7. The van der Waals surface area contributed by atoms with Gasteiger partial charge in [0.05, 0.1) is 0 Å². The number of unbranched alkanes of at least 4 members (excludes halogenated alkanes) is 1. The maximum atomic E-state index is 12.5. The highest BCUT2D eigenvalue weighted by Crippen LogP contribution is 2.06. The quantitative estimate of drug-likeness (QED) is 0.502. The van der Waals surface area contributed by atoms with Crippen LogP contribution >= 0.6 is 11.8 Å². The lowest BCUT2D eigenvalue weighted by atomic mass is 10.1. The molecule has 0 spiro atoms. The van der Waals surface area contributed by atoms with E-state index in [9.17, 15) is 19.5 Å². The molecule has 0 saturated heterocycles. The van der Waals surface area contributed by atoms with Gasteiger partial charge < -0.3 is 20.5 Å². The van der Waals surface area contributed by atoms with Crippen LogP contribution in [0.3, 0.4) is 0 Å². The van der Waals surface area contributed by atoms with E-state index < -0.39 is 30.1 Å². The van der Waals surface area contributed by atoms with E-state index >= 15 is 0 Å². The highest BCUT2D eigenvalue weighted by Gasteiger charge is 2.26. The second-order valence-electron chi connectivity index (χ2n) is 6.08. The molecule has 0 aromatic heterocycles. The van der Waals surface area contributed by atoms with Crippen molar-refractivity contribution in [3.8, 4) is 0 Å². The van der Waals surface area contributed by atoms with E-state index in [0.717, 1.165) is 18.4 Å². The molecule has 0 radical (unpaired) electrons. The van der Waals surface area contributed by atoms with E-state index in [1.54, 1.807) is 0 Å². The van der Waals surface area contributed by atoms with E-state index in [2.05, 4.69) is 10.6 Å². The molecule has 0 unspecified atom stereocenters. The third kappa shape index (κ3) is 9.33. The Morgan fingerprint density at radius 3 is 2.41 bits per heavy atom. The number of carbonyl (C=O) groups excluding carboxylic acids is 2. The van der Waals surface area contributed by atoms with Gasteiger partial charge in [-0.1, -0.05) is 50.1 Å². The van der Waals surface area contributed by atoms with Crippen molar-refractivity contribution >= 4 is 29.7 Å². The summed E-state index contributed by atoms with van der Waals surface area (Å²) in [7, 11) is 0. The zero-order chi connectivity index (χ0) is 20.1. The van der Waals surface area contributed by atoms with Crippen molar-refractivity contribution in [3.05, 3.63) is 35.9 Å². The van der Waals surface area contributed by atoms with Gasteiger partial charge in [0.15, 0.2) is 0 Å². The van der Waals surface area contributed by atoms with Crippen molar-refractivity contribution < 1.29 is 24.2 Å². The summed E-state index contributed by atoms with van der Waals surface area (Å²) < 4.78 is 5.16. The van der Waals surface area contributed by atoms with Gasteiger partial charge in [0, 0.05) is 0 Å². The third-order valence-corrected chi connectivity index (χ3v) is 4.54. The van der Waals surface area contributed by atoms with Gasteiger partial charge in [0.2, 0.25) is 5.91 Å². The number of ether oxygens (including phenoxy) is 1. The minimum Gasteiger partial charge on any atom is -0.480 e. The average molecular weight is 397 g/mol. The first-order chi connectivity index (χ1) is 13.0. The number of carboxylic acids is 1. The number of carbonyl (C=O) groups is 3. The van der Waals surface area contributed by atoms with Crippen molar-refractivity contribution in [1.82, 2.24) is 10.6 Å². The van der Waals surface area contributed by atoms with Crippen LogP contribution in [0.1, 0.15) is 38.2 Å². The summed E-state index contributed by atoms with van der Waals surface area (Å²) in [5.74, 6) is -0.976. The van der Waals surface area contributed by atoms with Crippen LogP contribution in [-0.2, 0) is 20.9 Å². The SMILES string of the molecule is CCCC[C@@H](NC(=O)OCc1ccccc1)C(=O)N[C@@H](CCSC)C(=O)O. The zero-order valence-corrected chi connectivity index (χ0v) is 16.6. The number of alkyl carbamates (subject to hydrolysis) is 1. The monoisotopic (exact) mass is 396 g/mol. The minimum absolute atomic E-state index is 0.0975. The average Bonchev–Trinajstić information content (AvgIpc) is 2.67. The Labute approximate surface area is 164 Å². The molecule has 0 fully saturated rings. The molecule has 27 heavy (non-hydrogen) atoms. The predicted octanol–water partition coefficient (Wildman–Crippen LogP) is 2.79. The summed E-state index contributed by atoms with van der Waals surface area (Å²) in [6, 6.07) is 7.41. The molecule has 0 aliphatic rings. The second kappa shape index (κ2) is 13.0. The van der Waals surface area contributed by atoms with Crippen LogP contribution in [0, 0.1) is 0 Å². The molecule has 150 valence electrons. The van der Waals surface area contributed by atoms with E-state index in [4.69, 9.17) is 4.74 Å². The van der Waals surface area contributed by atoms with Crippen LogP contribution in [-0.4, -0.2) is 47.2 Å². The standard InChI is InChI=1S/C19H28N2O5S/c1-3-4-10-15(17(22)20-16(18(23)24)11-12-27-2)21-19(25)26-13-14-8-6-5-7-9-14/h5-9,15-16H,3-4,10-13H2,1-2H3,(H,20,22)(H,21,25)(H,23,24)/t15-,16+/m1/s1. The van der Waals surface area contributed by atoms with Crippen LogP contribution in [0.4, 0.5) is 4.79 Å². The van der Waals surface area contributed by atoms with Gasteiger partial charge >= 0.3 is 12.1 Å². The molecular weight excluding hydrogens is 368 g/mol. The number of carboxylic acid groups (broad SMARTS) is 1. The Balaban J connectivity index is 2.62. The highest BCUT2D eigenvalue weighted by atomic mass is 32.2. The molecule has 2 atom stereocenters. The highest BCUT2D eigenvalue weighted by molar-refractivity contribution is 7.98. The van der Waals surface area contributed by atoms with Crippen LogP contribution in [0.25, 0.3) is 0 Å². The molecule has 1 aromatic carbocycles. The lowest BCUT2D eigenvalue weighted by Gasteiger charge is -2.21. The van der Waals surface area contributed by atoms with Gasteiger partial charge in [0.1, 0.15) is 18.7 Å². The smallest absolute Gasteiger partial charge is 0.408 e. The first kappa shape index (κ1) is 22.8. The molecule has 0 saturated carbocycles. The molecule has 7 nitrogen and oxygen atoms in total. The van der Waals surface area contributed by atoms with Crippen LogP contribution < -0.4 is 10.6 Å². The molecule has 0 bridgehead atoms. The Morgan fingerprint density at radius 1 is 1.11 bits per heavy atom. The Bertz CT molecular complexity index is 597. The van der Waals surface area contributed by atoms with Gasteiger partial charge in [-0.25, -0.2) is 9.59 Å². The number of hydrogen-bond acceptors (Lipinski definition) is 5. The number of rotatable bonds is 12. The molecule has 1 aromatic rings. The van der Waals surface area contributed by atoms with E-state index in [0.29, 0.717) is 18.6 Å². The summed E-state index contributed by atoms with van der Waals surface area (Å²) >= 11 is 1.51. The molecule has 0 heterocycles. The molecule has 1 rings (SSSR count). The molecule has 0 aliphatic carbocycles. The molecule has 3 N–H and O–H groups in total. The van der Waals surface area contributed by atoms with Crippen LogP contribution in [0.2, 0.25) is 0 Å². The number of thioether (sulfide) groups is 1. The predicted molar refractivity (Wildman–Crippen MR) is 106 cm³/mol. The van der Waals surface area contributed by atoms with E-state index in [1.165, 1.54) is 11.8 Å². The first-order valence-electron chi connectivity index (χ1n) is 8.97. The Kier molecular flexibility index (Phi) is 11.0. The maximum absolute atomic E-state index is 12.5. The topological polar surface area (TPSA) is 105 Å². The first-order valence-corrected chi connectivity index (χ1v) is 10.4. The number of benzene rings is 1.